The molecule has 0 heterocycles. The van der Waals surface area contributed by atoms with Crippen LogP contribution in [0.25, 0.3) is 0 Å². The zero-order chi connectivity index (χ0) is 17.0. The summed E-state index contributed by atoms with van der Waals surface area (Å²) in [6, 6.07) is 11.6. The molecule has 3 N–H and O–H groups in total. The molecule has 0 aliphatic rings. The Hall–Kier alpha value is -2.53. The highest BCUT2D eigenvalue weighted by Crippen LogP contribution is 2.22. The van der Waals surface area contributed by atoms with Crippen LogP contribution in [0.5, 0.6) is 5.75 Å². The first kappa shape index (κ1) is 16.8. The minimum atomic E-state index is -0.715. The van der Waals surface area contributed by atoms with E-state index in [0.717, 1.165) is 5.56 Å². The molecule has 23 heavy (non-hydrogen) atoms. The number of rotatable bonds is 5. The van der Waals surface area contributed by atoms with Crippen molar-refractivity contribution in [1.29, 1.82) is 0 Å². The number of benzene rings is 2. The van der Waals surface area contributed by atoms with Crippen LogP contribution in [0.2, 0.25) is 5.02 Å². The first-order valence-electron chi connectivity index (χ1n) is 7.00. The van der Waals surface area contributed by atoms with Crippen LogP contribution in [0, 0.1) is 6.92 Å². The number of primary amides is 1. The van der Waals surface area contributed by atoms with Gasteiger partial charge in [-0.1, -0.05) is 17.7 Å². The Bertz CT molecular complexity index is 746. The molecule has 6 heteroatoms. The number of carbonyl (C=O) groups excluding carboxylic acids is 2. The molecule has 0 bridgehead atoms. The van der Waals surface area contributed by atoms with E-state index in [9.17, 15) is 9.59 Å². The topological polar surface area (TPSA) is 81.4 Å². The quantitative estimate of drug-likeness (QED) is 0.882. The Morgan fingerprint density at radius 2 is 1.96 bits per heavy atom. The summed E-state index contributed by atoms with van der Waals surface area (Å²) in [4.78, 5) is 23.3. The predicted octanol–water partition coefficient (Wildman–Crippen LogP) is 3.15. The van der Waals surface area contributed by atoms with Crippen LogP contribution in [0.1, 0.15) is 22.8 Å². The lowest BCUT2D eigenvalue weighted by molar-refractivity contribution is -0.122. The minimum Gasteiger partial charge on any atom is -0.481 e. The number of aryl methyl sites for hydroxylation is 1. The Kier molecular flexibility index (Phi) is 5.24. The van der Waals surface area contributed by atoms with Gasteiger partial charge in [-0.2, -0.15) is 0 Å². The molecule has 0 aromatic heterocycles. The molecule has 0 saturated heterocycles. The zero-order valence-corrected chi connectivity index (χ0v) is 13.6. The van der Waals surface area contributed by atoms with Gasteiger partial charge in [0.1, 0.15) is 5.75 Å². The van der Waals surface area contributed by atoms with Gasteiger partial charge < -0.3 is 15.8 Å². The van der Waals surface area contributed by atoms with E-state index >= 15 is 0 Å². The number of nitrogens with one attached hydrogen (secondary N) is 1. The summed E-state index contributed by atoms with van der Waals surface area (Å²) < 4.78 is 5.60. The van der Waals surface area contributed by atoms with Gasteiger partial charge in [-0.25, -0.2) is 0 Å². The molecule has 0 spiro atoms. The molecule has 120 valence electrons. The summed E-state index contributed by atoms with van der Waals surface area (Å²) >= 11 is 5.95. The summed E-state index contributed by atoms with van der Waals surface area (Å²) in [6.45, 7) is 3.49. The lowest BCUT2D eigenvalue weighted by Crippen LogP contribution is -2.30. The SMILES string of the molecule is Cc1cc(O[C@H](C)C(=O)Nc2cccc(C(N)=O)c2)ccc1Cl. The second-order valence-electron chi connectivity index (χ2n) is 5.11. The molecule has 2 amide bonds. The van der Waals surface area contributed by atoms with Gasteiger partial charge in [-0.05, 0) is 55.8 Å². The Morgan fingerprint density at radius 1 is 1.22 bits per heavy atom. The monoisotopic (exact) mass is 332 g/mol. The van der Waals surface area contributed by atoms with Gasteiger partial charge in [-0.15, -0.1) is 0 Å². The molecule has 0 fully saturated rings. The van der Waals surface area contributed by atoms with E-state index in [2.05, 4.69) is 5.32 Å². The number of amides is 2. The van der Waals surface area contributed by atoms with Gasteiger partial charge in [0.05, 0.1) is 0 Å². The molecule has 2 aromatic carbocycles. The molecule has 0 unspecified atom stereocenters. The average molecular weight is 333 g/mol. The van der Waals surface area contributed by atoms with Gasteiger partial charge in [-0.3, -0.25) is 9.59 Å². The number of carbonyl (C=O) groups is 2. The van der Waals surface area contributed by atoms with E-state index in [1.54, 1.807) is 43.3 Å². The van der Waals surface area contributed by atoms with Crippen LogP contribution in [-0.2, 0) is 4.79 Å². The normalized spacial score (nSPS) is 11.6. The highest BCUT2D eigenvalue weighted by Gasteiger charge is 2.15. The maximum absolute atomic E-state index is 12.2. The molecule has 0 radical (unpaired) electrons. The first-order chi connectivity index (χ1) is 10.9. The van der Waals surface area contributed by atoms with Crippen molar-refractivity contribution in [3.63, 3.8) is 0 Å². The van der Waals surface area contributed by atoms with Crippen molar-refractivity contribution in [3.8, 4) is 5.75 Å². The van der Waals surface area contributed by atoms with Gasteiger partial charge in [0, 0.05) is 16.3 Å². The number of hydrogen-bond donors (Lipinski definition) is 2. The molecule has 0 aliphatic heterocycles. The van der Waals surface area contributed by atoms with Gasteiger partial charge >= 0.3 is 0 Å². The van der Waals surface area contributed by atoms with Gasteiger partial charge in [0.2, 0.25) is 5.91 Å². The van der Waals surface area contributed by atoms with Crippen molar-refractivity contribution >= 4 is 29.1 Å². The number of hydrogen-bond acceptors (Lipinski definition) is 3. The van der Waals surface area contributed by atoms with E-state index < -0.39 is 12.0 Å². The molecule has 0 aliphatic carbocycles. The van der Waals surface area contributed by atoms with Crippen LogP contribution < -0.4 is 15.8 Å². The standard InChI is InChI=1S/C17H17ClN2O3/c1-10-8-14(6-7-15(10)18)23-11(2)17(22)20-13-5-3-4-12(9-13)16(19)21/h3-9,11H,1-2H3,(H2,19,21)(H,20,22)/t11-/m1/s1. The molecule has 0 saturated carbocycles. The lowest BCUT2D eigenvalue weighted by atomic mass is 10.2. The third-order valence-electron chi connectivity index (χ3n) is 3.23. The van der Waals surface area contributed by atoms with Crippen molar-refractivity contribution in [2.75, 3.05) is 5.32 Å². The zero-order valence-electron chi connectivity index (χ0n) is 12.8. The van der Waals surface area contributed by atoms with Crippen LogP contribution in [0.3, 0.4) is 0 Å². The summed E-state index contributed by atoms with van der Waals surface area (Å²) in [6.07, 6.45) is -0.715. The molecule has 2 rings (SSSR count). The van der Waals surface area contributed by atoms with E-state index in [1.165, 1.54) is 6.07 Å². The Balaban J connectivity index is 2.03. The minimum absolute atomic E-state index is 0.324. The fraction of sp³-hybridized carbons (Fsp3) is 0.176. The van der Waals surface area contributed by atoms with Crippen LogP contribution in [-0.4, -0.2) is 17.9 Å². The van der Waals surface area contributed by atoms with Gasteiger partial charge in [0.15, 0.2) is 6.10 Å². The maximum atomic E-state index is 12.2. The smallest absolute Gasteiger partial charge is 0.265 e. The van der Waals surface area contributed by atoms with Gasteiger partial charge in [0.25, 0.3) is 5.91 Å². The fourth-order valence-electron chi connectivity index (χ4n) is 1.94. The fourth-order valence-corrected chi connectivity index (χ4v) is 2.06. The van der Waals surface area contributed by atoms with E-state index in [0.29, 0.717) is 22.0 Å². The second-order valence-corrected chi connectivity index (χ2v) is 5.51. The maximum Gasteiger partial charge on any atom is 0.265 e. The van der Waals surface area contributed by atoms with Crippen molar-refractivity contribution < 1.29 is 14.3 Å². The number of nitrogens with two attached hydrogens (primary N) is 1. The van der Waals surface area contributed by atoms with E-state index in [1.807, 2.05) is 6.92 Å². The summed E-state index contributed by atoms with van der Waals surface area (Å²) in [5, 5.41) is 3.32. The Labute approximate surface area is 139 Å². The van der Waals surface area contributed by atoms with Crippen LogP contribution in [0.15, 0.2) is 42.5 Å². The third kappa shape index (κ3) is 4.47. The Morgan fingerprint density at radius 3 is 2.61 bits per heavy atom. The average Bonchev–Trinajstić information content (AvgIpc) is 2.51. The van der Waals surface area contributed by atoms with Crippen molar-refractivity contribution in [2.45, 2.75) is 20.0 Å². The van der Waals surface area contributed by atoms with E-state index in [4.69, 9.17) is 22.1 Å². The highest BCUT2D eigenvalue weighted by molar-refractivity contribution is 6.31. The summed E-state index contributed by atoms with van der Waals surface area (Å²) in [5.41, 5.74) is 6.89. The van der Waals surface area contributed by atoms with Crippen LogP contribution in [0.4, 0.5) is 5.69 Å². The molecular formula is C17H17ClN2O3. The molecule has 1 atom stereocenters. The van der Waals surface area contributed by atoms with Crippen molar-refractivity contribution in [1.82, 2.24) is 0 Å². The summed E-state index contributed by atoms with van der Waals surface area (Å²) in [7, 11) is 0. The van der Waals surface area contributed by atoms with Crippen molar-refractivity contribution in [3.05, 3.63) is 58.6 Å². The van der Waals surface area contributed by atoms with Crippen LogP contribution >= 0.6 is 11.6 Å². The number of anilines is 1. The van der Waals surface area contributed by atoms with Crippen molar-refractivity contribution in [2.24, 2.45) is 5.73 Å². The highest BCUT2D eigenvalue weighted by atomic mass is 35.5. The second kappa shape index (κ2) is 7.15. The number of ether oxygens (including phenoxy) is 1. The number of halogens is 1. The molecule has 2 aromatic rings. The predicted molar refractivity (Wildman–Crippen MR) is 89.9 cm³/mol. The first-order valence-corrected chi connectivity index (χ1v) is 7.38. The van der Waals surface area contributed by atoms with E-state index in [-0.39, 0.29) is 5.91 Å². The summed E-state index contributed by atoms with van der Waals surface area (Å²) in [5.74, 6) is -0.332. The molecular weight excluding hydrogens is 316 g/mol. The largest absolute Gasteiger partial charge is 0.481 e. The third-order valence-corrected chi connectivity index (χ3v) is 3.65. The molecule has 5 nitrogen and oxygen atoms in total. The lowest BCUT2D eigenvalue weighted by Gasteiger charge is -2.15.